The van der Waals surface area contributed by atoms with Crippen LogP contribution in [0, 0.1) is 6.92 Å². The van der Waals surface area contributed by atoms with E-state index < -0.39 is 9.84 Å². The lowest BCUT2D eigenvalue weighted by Gasteiger charge is -2.11. The van der Waals surface area contributed by atoms with Gasteiger partial charge in [0.15, 0.2) is 9.84 Å². The summed E-state index contributed by atoms with van der Waals surface area (Å²) in [5.41, 5.74) is 2.85. The molecule has 0 radical (unpaired) electrons. The molecule has 2 aromatic rings. The Morgan fingerprint density at radius 2 is 1.90 bits per heavy atom. The van der Waals surface area contributed by atoms with Gasteiger partial charge in [0.05, 0.1) is 15.6 Å². The Labute approximate surface area is 138 Å². The monoisotopic (exact) mass is 387 g/mol. The predicted octanol–water partition coefficient (Wildman–Crippen LogP) is 4.43. The highest BCUT2D eigenvalue weighted by Gasteiger charge is 2.10. The van der Waals surface area contributed by atoms with Crippen LogP contribution in [0.1, 0.15) is 11.1 Å². The van der Waals surface area contributed by atoms with E-state index in [1.807, 2.05) is 19.1 Å². The summed E-state index contributed by atoms with van der Waals surface area (Å²) in [7, 11) is -3.24. The molecule has 21 heavy (non-hydrogen) atoms. The predicted molar refractivity (Wildman–Crippen MR) is 90.8 cm³/mol. The number of hydrogen-bond donors (Lipinski definition) is 1. The van der Waals surface area contributed by atoms with E-state index in [-0.39, 0.29) is 4.90 Å². The third-order valence-electron chi connectivity index (χ3n) is 3.07. The number of aryl methyl sites for hydroxylation is 1. The first-order valence-corrected chi connectivity index (χ1v) is 9.32. The molecule has 0 spiro atoms. The van der Waals surface area contributed by atoms with Crippen LogP contribution in [0.3, 0.4) is 0 Å². The molecule has 0 saturated heterocycles. The first-order valence-electron chi connectivity index (χ1n) is 6.26. The molecular formula is C15H15BrClNO2S. The van der Waals surface area contributed by atoms with Crippen LogP contribution < -0.4 is 5.32 Å². The highest BCUT2D eigenvalue weighted by molar-refractivity contribution is 9.10. The second-order valence-corrected chi connectivity index (χ2v) is 8.13. The van der Waals surface area contributed by atoms with E-state index in [1.165, 1.54) is 12.3 Å². The molecule has 0 unspecified atom stereocenters. The van der Waals surface area contributed by atoms with Gasteiger partial charge in [0, 0.05) is 17.3 Å². The maximum Gasteiger partial charge on any atom is 0.175 e. The number of nitrogens with one attached hydrogen (secondary N) is 1. The van der Waals surface area contributed by atoms with Gasteiger partial charge >= 0.3 is 0 Å². The normalized spacial score (nSPS) is 11.4. The van der Waals surface area contributed by atoms with Crippen molar-refractivity contribution in [3.8, 4) is 0 Å². The van der Waals surface area contributed by atoms with E-state index in [2.05, 4.69) is 27.3 Å². The lowest BCUT2D eigenvalue weighted by Crippen LogP contribution is -2.03. The maximum absolute atomic E-state index is 11.6. The Balaban J connectivity index is 2.21. The number of sulfone groups is 1. The molecule has 0 aliphatic rings. The van der Waals surface area contributed by atoms with Gasteiger partial charge in [0.1, 0.15) is 0 Å². The molecule has 0 bridgehead atoms. The number of benzene rings is 2. The van der Waals surface area contributed by atoms with Crippen LogP contribution in [-0.2, 0) is 16.4 Å². The van der Waals surface area contributed by atoms with Crippen molar-refractivity contribution >= 4 is 43.1 Å². The van der Waals surface area contributed by atoms with Crippen LogP contribution in [0.4, 0.5) is 5.69 Å². The zero-order chi connectivity index (χ0) is 15.6. The second kappa shape index (κ2) is 6.38. The Hall–Kier alpha value is -1.04. The van der Waals surface area contributed by atoms with E-state index in [1.54, 1.807) is 12.1 Å². The number of halogens is 2. The first kappa shape index (κ1) is 16.3. The Morgan fingerprint density at radius 1 is 1.19 bits per heavy atom. The molecule has 2 aromatic carbocycles. The molecule has 0 aromatic heterocycles. The van der Waals surface area contributed by atoms with Crippen LogP contribution in [0.2, 0.25) is 5.02 Å². The molecule has 0 aliphatic carbocycles. The highest BCUT2D eigenvalue weighted by Crippen LogP contribution is 2.26. The van der Waals surface area contributed by atoms with E-state index in [9.17, 15) is 8.42 Å². The smallest absolute Gasteiger partial charge is 0.175 e. The average Bonchev–Trinajstić information content (AvgIpc) is 2.40. The van der Waals surface area contributed by atoms with Gasteiger partial charge in [0.25, 0.3) is 0 Å². The molecule has 0 aliphatic heterocycles. The van der Waals surface area contributed by atoms with Crippen molar-refractivity contribution in [2.45, 2.75) is 18.4 Å². The SMILES string of the molecule is Cc1cc(CNc2cc(S(C)(=O)=O)ccc2Cl)ccc1Br. The molecule has 3 nitrogen and oxygen atoms in total. The summed E-state index contributed by atoms with van der Waals surface area (Å²) >= 11 is 9.56. The van der Waals surface area contributed by atoms with Gasteiger partial charge in [-0.25, -0.2) is 8.42 Å². The van der Waals surface area contributed by atoms with Gasteiger partial charge in [-0.15, -0.1) is 0 Å². The average molecular weight is 389 g/mol. The van der Waals surface area contributed by atoms with Crippen molar-refractivity contribution < 1.29 is 8.42 Å². The van der Waals surface area contributed by atoms with Crippen LogP contribution in [0.25, 0.3) is 0 Å². The lowest BCUT2D eigenvalue weighted by atomic mass is 10.1. The van der Waals surface area contributed by atoms with E-state index in [0.717, 1.165) is 15.6 Å². The molecule has 0 heterocycles. The lowest BCUT2D eigenvalue weighted by molar-refractivity contribution is 0.602. The van der Waals surface area contributed by atoms with Gasteiger partial charge in [-0.1, -0.05) is 39.7 Å². The zero-order valence-electron chi connectivity index (χ0n) is 11.7. The summed E-state index contributed by atoms with van der Waals surface area (Å²) in [6.07, 6.45) is 1.18. The van der Waals surface area contributed by atoms with Crippen molar-refractivity contribution in [3.63, 3.8) is 0 Å². The largest absolute Gasteiger partial charge is 0.380 e. The summed E-state index contributed by atoms with van der Waals surface area (Å²) in [5.74, 6) is 0. The van der Waals surface area contributed by atoms with E-state index in [0.29, 0.717) is 17.3 Å². The molecular weight excluding hydrogens is 374 g/mol. The van der Waals surface area contributed by atoms with Gasteiger partial charge in [-0.3, -0.25) is 0 Å². The van der Waals surface area contributed by atoms with E-state index in [4.69, 9.17) is 11.6 Å². The molecule has 112 valence electrons. The third-order valence-corrected chi connectivity index (χ3v) is 5.40. The van der Waals surface area contributed by atoms with E-state index >= 15 is 0 Å². The second-order valence-electron chi connectivity index (χ2n) is 4.85. The summed E-state index contributed by atoms with van der Waals surface area (Å²) in [4.78, 5) is 0.251. The van der Waals surface area contributed by atoms with Gasteiger partial charge in [-0.05, 0) is 42.3 Å². The fraction of sp³-hybridized carbons (Fsp3) is 0.200. The van der Waals surface area contributed by atoms with Gasteiger partial charge in [0.2, 0.25) is 0 Å². The zero-order valence-corrected chi connectivity index (χ0v) is 14.8. The Morgan fingerprint density at radius 3 is 2.52 bits per heavy atom. The first-order chi connectivity index (χ1) is 9.77. The molecule has 0 fully saturated rings. The van der Waals surface area contributed by atoms with Crippen LogP contribution >= 0.6 is 27.5 Å². The Bertz CT molecular complexity index is 775. The summed E-state index contributed by atoms with van der Waals surface area (Å²) in [6.45, 7) is 2.59. The minimum atomic E-state index is -3.24. The molecule has 1 N–H and O–H groups in total. The molecule has 2 rings (SSSR count). The number of anilines is 1. The van der Waals surface area contributed by atoms with Crippen molar-refractivity contribution in [2.24, 2.45) is 0 Å². The van der Waals surface area contributed by atoms with Crippen molar-refractivity contribution in [3.05, 3.63) is 57.0 Å². The summed E-state index contributed by atoms with van der Waals surface area (Å²) < 4.78 is 24.2. The minimum Gasteiger partial charge on any atom is -0.380 e. The highest BCUT2D eigenvalue weighted by atomic mass is 79.9. The van der Waals surface area contributed by atoms with Crippen molar-refractivity contribution in [1.82, 2.24) is 0 Å². The van der Waals surface area contributed by atoms with Crippen molar-refractivity contribution in [2.75, 3.05) is 11.6 Å². The van der Waals surface area contributed by atoms with Crippen LogP contribution in [-0.4, -0.2) is 14.7 Å². The third kappa shape index (κ3) is 4.22. The standard InChI is InChI=1S/C15H15BrClNO2S/c1-10-7-11(3-5-13(10)16)9-18-15-8-12(21(2,19)20)4-6-14(15)17/h3-8,18H,9H2,1-2H3. The fourth-order valence-corrected chi connectivity index (χ4v) is 2.96. The van der Waals surface area contributed by atoms with Crippen LogP contribution in [0.5, 0.6) is 0 Å². The molecule has 0 amide bonds. The molecule has 0 saturated carbocycles. The maximum atomic E-state index is 11.6. The minimum absolute atomic E-state index is 0.251. The van der Waals surface area contributed by atoms with Gasteiger partial charge in [-0.2, -0.15) is 0 Å². The summed E-state index contributed by atoms with van der Waals surface area (Å²) in [5, 5.41) is 3.67. The summed E-state index contributed by atoms with van der Waals surface area (Å²) in [6, 6.07) is 10.7. The van der Waals surface area contributed by atoms with Crippen LogP contribution in [0.15, 0.2) is 45.8 Å². The molecule has 0 atom stereocenters. The Kier molecular flexibility index (Phi) is 4.96. The fourth-order valence-electron chi connectivity index (χ4n) is 1.88. The number of rotatable bonds is 4. The topological polar surface area (TPSA) is 46.2 Å². The van der Waals surface area contributed by atoms with Crippen molar-refractivity contribution in [1.29, 1.82) is 0 Å². The number of hydrogen-bond acceptors (Lipinski definition) is 3. The van der Waals surface area contributed by atoms with Gasteiger partial charge < -0.3 is 5.32 Å². The quantitative estimate of drug-likeness (QED) is 0.843. The molecule has 6 heteroatoms.